The minimum absolute atomic E-state index is 0.0765. The highest BCUT2D eigenvalue weighted by molar-refractivity contribution is 7.10. The van der Waals surface area contributed by atoms with E-state index in [1.165, 1.54) is 0 Å². The highest BCUT2D eigenvalue weighted by Gasteiger charge is 2.33. The van der Waals surface area contributed by atoms with E-state index in [0.29, 0.717) is 30.3 Å². The van der Waals surface area contributed by atoms with Crippen LogP contribution in [0.4, 0.5) is 0 Å². The number of hydrogen-bond acceptors (Lipinski definition) is 6. The lowest BCUT2D eigenvalue weighted by atomic mass is 10.0. The molecular formula is C24H21NO4S. The molecular weight excluding hydrogens is 398 g/mol. The van der Waals surface area contributed by atoms with Crippen molar-refractivity contribution in [1.29, 1.82) is 0 Å². The number of ketones is 1. The van der Waals surface area contributed by atoms with Gasteiger partial charge in [0, 0.05) is 24.0 Å². The number of carbonyl (C=O) groups excluding carboxylic acids is 1. The topological polar surface area (TPSA) is 48.0 Å². The van der Waals surface area contributed by atoms with Gasteiger partial charge in [-0.2, -0.15) is 0 Å². The van der Waals surface area contributed by atoms with Gasteiger partial charge >= 0.3 is 0 Å². The van der Waals surface area contributed by atoms with Crippen LogP contribution in [0.15, 0.2) is 59.7 Å². The lowest BCUT2D eigenvalue weighted by molar-refractivity contribution is 0.0948. The summed E-state index contributed by atoms with van der Waals surface area (Å²) >= 11 is 1.58. The Bertz CT molecular complexity index is 1120. The molecule has 2 aromatic carbocycles. The summed E-state index contributed by atoms with van der Waals surface area (Å²) in [6.07, 6.45) is 2.66. The third-order valence-electron chi connectivity index (χ3n) is 5.39. The molecule has 0 saturated carbocycles. The molecule has 152 valence electrons. The fourth-order valence-electron chi connectivity index (χ4n) is 3.84. The second-order valence-corrected chi connectivity index (χ2v) is 8.24. The summed E-state index contributed by atoms with van der Waals surface area (Å²) in [5.41, 5.74) is 2.70. The van der Waals surface area contributed by atoms with Crippen molar-refractivity contribution in [2.45, 2.75) is 13.0 Å². The number of hydrogen-bond donors (Lipinski definition) is 0. The zero-order valence-electron chi connectivity index (χ0n) is 16.6. The molecule has 2 aliphatic rings. The summed E-state index contributed by atoms with van der Waals surface area (Å²) in [6, 6.07) is 15.7. The van der Waals surface area contributed by atoms with Gasteiger partial charge in [0.25, 0.3) is 0 Å². The number of rotatable bonds is 5. The first-order valence-corrected chi connectivity index (χ1v) is 10.7. The van der Waals surface area contributed by atoms with E-state index < -0.39 is 0 Å². The summed E-state index contributed by atoms with van der Waals surface area (Å²) in [4.78, 5) is 16.0. The lowest BCUT2D eigenvalue weighted by Gasteiger charge is -2.29. The van der Waals surface area contributed by atoms with Crippen LogP contribution < -0.4 is 14.2 Å². The standard InChI is InChI=1S/C24H21NO4S/c1-27-20-7-3-2-5-16(20)10-11-25-14-19-21(28-15-25)9-8-18-23(26)22(29-24(18)19)13-17-6-4-12-30-17/h2-9,12-13H,10-11,14-15H2,1H3/b22-13-. The van der Waals surface area contributed by atoms with Crippen LogP contribution in [0.25, 0.3) is 6.08 Å². The third-order valence-corrected chi connectivity index (χ3v) is 6.21. The van der Waals surface area contributed by atoms with E-state index in [1.807, 2.05) is 47.9 Å². The minimum Gasteiger partial charge on any atom is -0.496 e. The molecule has 0 amide bonds. The van der Waals surface area contributed by atoms with E-state index in [4.69, 9.17) is 14.2 Å². The molecule has 30 heavy (non-hydrogen) atoms. The summed E-state index contributed by atoms with van der Waals surface area (Å²) in [6.45, 7) is 2.00. The number of methoxy groups -OCH3 is 1. The van der Waals surface area contributed by atoms with Crippen molar-refractivity contribution in [1.82, 2.24) is 4.90 Å². The maximum atomic E-state index is 12.8. The summed E-state index contributed by atoms with van der Waals surface area (Å²) in [5, 5.41) is 1.98. The predicted octanol–water partition coefficient (Wildman–Crippen LogP) is 4.77. The molecule has 0 aliphatic carbocycles. The fourth-order valence-corrected chi connectivity index (χ4v) is 4.48. The van der Waals surface area contributed by atoms with Crippen molar-refractivity contribution < 1.29 is 19.0 Å². The Kier molecular flexibility index (Phi) is 5.02. The number of allylic oxidation sites excluding steroid dienone is 1. The molecule has 0 bridgehead atoms. The highest BCUT2D eigenvalue weighted by atomic mass is 32.1. The van der Waals surface area contributed by atoms with E-state index in [0.717, 1.165) is 40.5 Å². The molecule has 3 heterocycles. The number of nitrogens with zero attached hydrogens (tertiary/aromatic N) is 1. The number of benzene rings is 2. The Hall–Kier alpha value is -3.09. The van der Waals surface area contributed by atoms with Crippen molar-refractivity contribution in [2.75, 3.05) is 20.4 Å². The molecule has 2 aliphatic heterocycles. The van der Waals surface area contributed by atoms with Crippen molar-refractivity contribution in [3.05, 3.63) is 81.2 Å². The highest BCUT2D eigenvalue weighted by Crippen LogP contribution is 2.42. The first-order valence-electron chi connectivity index (χ1n) is 9.83. The molecule has 0 spiro atoms. The van der Waals surface area contributed by atoms with Gasteiger partial charge in [-0.05, 0) is 41.6 Å². The smallest absolute Gasteiger partial charge is 0.232 e. The molecule has 5 nitrogen and oxygen atoms in total. The molecule has 0 radical (unpaired) electrons. The lowest BCUT2D eigenvalue weighted by Crippen LogP contribution is -2.33. The largest absolute Gasteiger partial charge is 0.496 e. The Morgan fingerprint density at radius 3 is 2.90 bits per heavy atom. The van der Waals surface area contributed by atoms with E-state index in [1.54, 1.807) is 24.5 Å². The minimum atomic E-state index is -0.0765. The van der Waals surface area contributed by atoms with Crippen LogP contribution in [0, 0.1) is 0 Å². The van der Waals surface area contributed by atoms with Crippen LogP contribution in [0.1, 0.15) is 26.4 Å². The molecule has 0 N–H and O–H groups in total. The normalized spacial score (nSPS) is 16.7. The number of carbonyl (C=O) groups is 1. The Morgan fingerprint density at radius 2 is 2.07 bits per heavy atom. The first kappa shape index (κ1) is 18.9. The molecule has 0 atom stereocenters. The average Bonchev–Trinajstić information content (AvgIpc) is 3.41. The molecule has 6 heteroatoms. The monoisotopic (exact) mass is 419 g/mol. The van der Waals surface area contributed by atoms with Crippen LogP contribution in [0.3, 0.4) is 0 Å². The Labute approximate surface area is 179 Å². The van der Waals surface area contributed by atoms with Crippen LogP contribution in [-0.4, -0.2) is 31.1 Å². The predicted molar refractivity (Wildman–Crippen MR) is 116 cm³/mol. The van der Waals surface area contributed by atoms with Gasteiger partial charge in [0.15, 0.2) is 5.76 Å². The van der Waals surface area contributed by atoms with Gasteiger partial charge in [-0.3, -0.25) is 9.69 Å². The van der Waals surface area contributed by atoms with Gasteiger partial charge in [-0.1, -0.05) is 24.3 Å². The van der Waals surface area contributed by atoms with Gasteiger partial charge in [0.1, 0.15) is 24.0 Å². The number of fused-ring (bicyclic) bond motifs is 3. The second kappa shape index (κ2) is 7.97. The van der Waals surface area contributed by atoms with E-state index >= 15 is 0 Å². The molecule has 3 aromatic rings. The van der Waals surface area contributed by atoms with Crippen LogP contribution >= 0.6 is 11.3 Å². The van der Waals surface area contributed by atoms with Crippen molar-refractivity contribution in [2.24, 2.45) is 0 Å². The summed E-state index contributed by atoms with van der Waals surface area (Å²) in [7, 11) is 1.69. The molecule has 0 unspecified atom stereocenters. The third kappa shape index (κ3) is 3.49. The van der Waals surface area contributed by atoms with Gasteiger partial charge < -0.3 is 14.2 Å². The summed E-state index contributed by atoms with van der Waals surface area (Å²) < 4.78 is 17.5. The summed E-state index contributed by atoms with van der Waals surface area (Å²) in [5.74, 6) is 2.60. The average molecular weight is 420 g/mol. The van der Waals surface area contributed by atoms with Gasteiger partial charge in [-0.25, -0.2) is 0 Å². The van der Waals surface area contributed by atoms with Crippen molar-refractivity contribution in [3.8, 4) is 17.2 Å². The van der Waals surface area contributed by atoms with Gasteiger partial charge in [-0.15, -0.1) is 11.3 Å². The zero-order chi connectivity index (χ0) is 20.5. The number of para-hydroxylation sites is 1. The molecule has 1 aromatic heterocycles. The first-order chi connectivity index (χ1) is 14.7. The number of thiophene rings is 1. The maximum absolute atomic E-state index is 12.8. The number of Topliss-reactive ketones (excluding diaryl/α,β-unsaturated/α-hetero) is 1. The quantitative estimate of drug-likeness (QED) is 0.558. The van der Waals surface area contributed by atoms with E-state index in [2.05, 4.69) is 11.0 Å². The van der Waals surface area contributed by atoms with E-state index in [9.17, 15) is 4.79 Å². The molecule has 0 fully saturated rings. The van der Waals surface area contributed by atoms with Crippen molar-refractivity contribution in [3.63, 3.8) is 0 Å². The Morgan fingerprint density at radius 1 is 1.17 bits per heavy atom. The zero-order valence-corrected chi connectivity index (χ0v) is 17.4. The van der Waals surface area contributed by atoms with E-state index in [-0.39, 0.29) is 5.78 Å². The SMILES string of the molecule is COc1ccccc1CCN1COc2ccc3c(c2C1)O/C(=C\c1cccs1)C3=O. The van der Waals surface area contributed by atoms with Crippen LogP contribution in [-0.2, 0) is 13.0 Å². The van der Waals surface area contributed by atoms with Gasteiger partial charge in [0.2, 0.25) is 5.78 Å². The van der Waals surface area contributed by atoms with Crippen molar-refractivity contribution >= 4 is 23.2 Å². The van der Waals surface area contributed by atoms with Gasteiger partial charge in [0.05, 0.1) is 18.2 Å². The fraction of sp³-hybridized carbons (Fsp3) is 0.208. The second-order valence-electron chi connectivity index (χ2n) is 7.26. The number of ether oxygens (including phenoxy) is 3. The van der Waals surface area contributed by atoms with Crippen LogP contribution in [0.5, 0.6) is 17.2 Å². The molecule has 0 saturated heterocycles. The van der Waals surface area contributed by atoms with Crippen LogP contribution in [0.2, 0.25) is 0 Å². The molecule has 5 rings (SSSR count). The maximum Gasteiger partial charge on any atom is 0.232 e. The Balaban J connectivity index is 1.36.